The Balaban J connectivity index is 2.35. The first kappa shape index (κ1) is 10.7. The molecule has 0 saturated carbocycles. The monoisotopic (exact) mass is 242 g/mol. The number of rotatable bonds is 2. The van der Waals surface area contributed by atoms with Crippen molar-refractivity contribution in [2.45, 2.75) is 6.04 Å². The fourth-order valence-corrected chi connectivity index (χ4v) is 1.71. The summed E-state index contributed by atoms with van der Waals surface area (Å²) in [6, 6.07) is 3.64. The number of halogens is 1. The molecule has 0 unspecified atom stereocenters. The van der Waals surface area contributed by atoms with Gasteiger partial charge in [-0.15, -0.1) is 0 Å². The molecular weight excluding hydrogens is 236 g/mol. The fourth-order valence-electron chi connectivity index (χ4n) is 1.46. The summed E-state index contributed by atoms with van der Waals surface area (Å²) in [6.07, 6.45) is -0.549. The van der Waals surface area contributed by atoms with Crippen LogP contribution in [-0.4, -0.2) is 17.6 Å². The Morgan fingerprint density at radius 1 is 1.56 bits per heavy atom. The number of nitrogens with zero attached hydrogens (tertiary/aromatic N) is 1. The molecule has 16 heavy (non-hydrogen) atoms. The summed E-state index contributed by atoms with van der Waals surface area (Å²) in [5, 5.41) is 13.5. The van der Waals surface area contributed by atoms with E-state index in [2.05, 4.69) is 5.32 Å². The Morgan fingerprint density at radius 2 is 2.31 bits per heavy atom. The first-order valence-corrected chi connectivity index (χ1v) is 4.83. The number of benzene rings is 1. The van der Waals surface area contributed by atoms with E-state index in [0.29, 0.717) is 10.6 Å². The third-order valence-corrected chi connectivity index (χ3v) is 2.58. The van der Waals surface area contributed by atoms with Gasteiger partial charge in [-0.2, -0.15) is 0 Å². The summed E-state index contributed by atoms with van der Waals surface area (Å²) in [5.74, 6) is 0. The van der Waals surface area contributed by atoms with Crippen LogP contribution in [0.4, 0.5) is 10.5 Å². The van der Waals surface area contributed by atoms with Crippen LogP contribution < -0.4 is 5.32 Å². The summed E-state index contributed by atoms with van der Waals surface area (Å²) >= 11 is 5.90. The molecule has 0 bridgehead atoms. The maximum atomic E-state index is 10.8. The smallest absolute Gasteiger partial charge is 0.407 e. The second-order valence-corrected chi connectivity index (χ2v) is 3.67. The maximum Gasteiger partial charge on any atom is 0.407 e. The SMILES string of the molecule is O=C1N[C@H](c2cc([N+](=O)[O-])ccc2Cl)CO1. The van der Waals surface area contributed by atoms with Crippen LogP contribution in [0.15, 0.2) is 18.2 Å². The van der Waals surface area contributed by atoms with E-state index in [4.69, 9.17) is 16.3 Å². The summed E-state index contributed by atoms with van der Waals surface area (Å²) in [6.45, 7) is 0.125. The van der Waals surface area contributed by atoms with Crippen molar-refractivity contribution in [3.8, 4) is 0 Å². The Labute approximate surface area is 95.3 Å². The van der Waals surface area contributed by atoms with E-state index in [9.17, 15) is 14.9 Å². The quantitative estimate of drug-likeness (QED) is 0.635. The van der Waals surface area contributed by atoms with E-state index in [1.807, 2.05) is 0 Å². The minimum Gasteiger partial charge on any atom is -0.447 e. The number of non-ortho nitro benzene ring substituents is 1. The number of carbonyl (C=O) groups excluding carboxylic acids is 1. The van der Waals surface area contributed by atoms with Crippen molar-refractivity contribution in [2.24, 2.45) is 0 Å². The standard InChI is InChI=1S/C9H7ClN2O4/c10-7-2-1-5(12(14)15)3-6(7)8-4-16-9(13)11-8/h1-3,8H,4H2,(H,11,13)/t8-/m0/s1. The van der Waals surface area contributed by atoms with E-state index < -0.39 is 17.1 Å². The molecule has 0 spiro atoms. The van der Waals surface area contributed by atoms with Gasteiger partial charge in [0.2, 0.25) is 0 Å². The largest absolute Gasteiger partial charge is 0.447 e. The van der Waals surface area contributed by atoms with Crippen LogP contribution in [0.2, 0.25) is 5.02 Å². The van der Waals surface area contributed by atoms with E-state index in [-0.39, 0.29) is 12.3 Å². The zero-order valence-electron chi connectivity index (χ0n) is 7.97. The zero-order valence-corrected chi connectivity index (χ0v) is 8.73. The Morgan fingerprint density at radius 3 is 2.88 bits per heavy atom. The van der Waals surface area contributed by atoms with Crippen molar-refractivity contribution in [3.63, 3.8) is 0 Å². The number of hydrogen-bond donors (Lipinski definition) is 1. The summed E-state index contributed by atoms with van der Waals surface area (Å²) in [7, 11) is 0. The van der Waals surface area contributed by atoms with Crippen LogP contribution in [0.5, 0.6) is 0 Å². The van der Waals surface area contributed by atoms with Gasteiger partial charge in [0.15, 0.2) is 0 Å². The zero-order chi connectivity index (χ0) is 11.7. The molecule has 0 radical (unpaired) electrons. The molecule has 1 N–H and O–H groups in total. The Bertz CT molecular complexity index is 463. The minimum absolute atomic E-state index is 0.0689. The molecule has 1 heterocycles. The number of hydrogen-bond acceptors (Lipinski definition) is 4. The van der Waals surface area contributed by atoms with Gasteiger partial charge in [0, 0.05) is 22.7 Å². The second kappa shape index (κ2) is 3.97. The van der Waals surface area contributed by atoms with Gasteiger partial charge in [0.25, 0.3) is 5.69 Å². The van der Waals surface area contributed by atoms with Crippen LogP contribution in [-0.2, 0) is 4.74 Å². The summed E-state index contributed by atoms with van der Waals surface area (Å²) in [5.41, 5.74) is 0.419. The maximum absolute atomic E-state index is 10.8. The molecule has 1 aliphatic rings. The summed E-state index contributed by atoms with van der Waals surface area (Å²) < 4.78 is 4.70. The van der Waals surface area contributed by atoms with Gasteiger partial charge in [-0.1, -0.05) is 11.6 Å². The first-order chi connectivity index (χ1) is 7.58. The lowest BCUT2D eigenvalue weighted by atomic mass is 10.1. The van der Waals surface area contributed by atoms with Gasteiger partial charge >= 0.3 is 6.09 Å². The molecule has 0 aliphatic carbocycles. The van der Waals surface area contributed by atoms with Gasteiger partial charge in [-0.3, -0.25) is 10.1 Å². The highest BCUT2D eigenvalue weighted by atomic mass is 35.5. The fraction of sp³-hybridized carbons (Fsp3) is 0.222. The van der Waals surface area contributed by atoms with Crippen LogP contribution in [0.1, 0.15) is 11.6 Å². The number of cyclic esters (lactones) is 1. The highest BCUT2D eigenvalue weighted by Crippen LogP contribution is 2.29. The lowest BCUT2D eigenvalue weighted by molar-refractivity contribution is -0.384. The highest BCUT2D eigenvalue weighted by molar-refractivity contribution is 6.31. The molecule has 6 nitrogen and oxygen atoms in total. The molecule has 1 amide bonds. The number of alkyl carbamates (subject to hydrolysis) is 1. The second-order valence-electron chi connectivity index (χ2n) is 3.26. The number of nitro benzene ring substituents is 1. The van der Waals surface area contributed by atoms with Gasteiger partial charge in [0.05, 0.1) is 11.0 Å². The molecule has 0 aromatic heterocycles. The van der Waals surface area contributed by atoms with Crippen molar-refractivity contribution < 1.29 is 14.5 Å². The van der Waals surface area contributed by atoms with Gasteiger partial charge < -0.3 is 10.1 Å². The minimum atomic E-state index is -0.549. The number of nitrogens with one attached hydrogen (secondary N) is 1. The number of ether oxygens (including phenoxy) is 1. The molecule has 1 aromatic rings. The molecular formula is C9H7ClN2O4. The van der Waals surface area contributed by atoms with Gasteiger partial charge in [0.1, 0.15) is 6.61 Å². The van der Waals surface area contributed by atoms with Crippen LogP contribution in [0, 0.1) is 10.1 Å². The summed E-state index contributed by atoms with van der Waals surface area (Å²) in [4.78, 5) is 20.9. The Hall–Kier alpha value is -1.82. The predicted octanol–water partition coefficient (Wildman–Crippen LogP) is 2.03. The molecule has 2 rings (SSSR count). The van der Waals surface area contributed by atoms with Gasteiger partial charge in [-0.05, 0) is 6.07 Å². The molecule has 7 heteroatoms. The topological polar surface area (TPSA) is 81.5 Å². The van der Waals surface area contributed by atoms with Gasteiger partial charge in [-0.25, -0.2) is 4.79 Å². The van der Waals surface area contributed by atoms with E-state index in [1.165, 1.54) is 18.2 Å². The molecule has 1 aromatic carbocycles. The van der Waals surface area contributed by atoms with Crippen LogP contribution >= 0.6 is 11.6 Å². The average Bonchev–Trinajstić information content (AvgIpc) is 2.65. The highest BCUT2D eigenvalue weighted by Gasteiger charge is 2.26. The van der Waals surface area contributed by atoms with E-state index >= 15 is 0 Å². The van der Waals surface area contributed by atoms with Crippen molar-refractivity contribution in [2.75, 3.05) is 6.61 Å². The molecule has 84 valence electrons. The molecule has 1 atom stereocenters. The van der Waals surface area contributed by atoms with Crippen LogP contribution in [0.25, 0.3) is 0 Å². The van der Waals surface area contributed by atoms with Crippen molar-refractivity contribution in [3.05, 3.63) is 38.9 Å². The lowest BCUT2D eigenvalue weighted by Gasteiger charge is -2.09. The lowest BCUT2D eigenvalue weighted by Crippen LogP contribution is -2.18. The van der Waals surface area contributed by atoms with E-state index in [0.717, 1.165) is 0 Å². The molecule has 1 aliphatic heterocycles. The number of carbonyl (C=O) groups is 1. The first-order valence-electron chi connectivity index (χ1n) is 4.45. The number of amides is 1. The number of nitro groups is 1. The van der Waals surface area contributed by atoms with Crippen molar-refractivity contribution in [1.82, 2.24) is 5.32 Å². The Kier molecular flexibility index (Phi) is 2.66. The van der Waals surface area contributed by atoms with Crippen molar-refractivity contribution >= 4 is 23.4 Å². The van der Waals surface area contributed by atoms with Crippen LogP contribution in [0.3, 0.4) is 0 Å². The van der Waals surface area contributed by atoms with E-state index in [1.54, 1.807) is 0 Å². The molecule has 1 saturated heterocycles. The third kappa shape index (κ3) is 1.92. The normalized spacial score (nSPS) is 19.1. The van der Waals surface area contributed by atoms with Crippen molar-refractivity contribution in [1.29, 1.82) is 0 Å². The predicted molar refractivity (Wildman–Crippen MR) is 55.3 cm³/mol. The molecule has 1 fully saturated rings. The average molecular weight is 243 g/mol. The third-order valence-electron chi connectivity index (χ3n) is 2.24.